The summed E-state index contributed by atoms with van der Waals surface area (Å²) in [5.74, 6) is -0.461. The Morgan fingerprint density at radius 1 is 1.71 bits per heavy atom. The fraction of sp³-hybridized carbons (Fsp3) is 0.667. The van der Waals surface area contributed by atoms with E-state index in [9.17, 15) is 9.59 Å². The molecule has 2 atom stereocenters. The van der Waals surface area contributed by atoms with Gasteiger partial charge in [-0.05, 0) is 32.7 Å². The zero-order chi connectivity index (χ0) is 13.1. The Labute approximate surface area is 103 Å². The summed E-state index contributed by atoms with van der Waals surface area (Å²) in [7, 11) is 1.27. The van der Waals surface area contributed by atoms with Gasteiger partial charge in [0, 0.05) is 6.04 Å². The van der Waals surface area contributed by atoms with E-state index in [2.05, 4.69) is 28.9 Å². The summed E-state index contributed by atoms with van der Waals surface area (Å²) >= 11 is 0. The van der Waals surface area contributed by atoms with Gasteiger partial charge in [-0.15, -0.1) is 6.58 Å². The minimum Gasteiger partial charge on any atom is -0.467 e. The van der Waals surface area contributed by atoms with E-state index < -0.39 is 12.0 Å². The number of rotatable bonds is 5. The van der Waals surface area contributed by atoms with Crippen molar-refractivity contribution in [2.45, 2.75) is 38.3 Å². The highest BCUT2D eigenvalue weighted by Crippen LogP contribution is 2.01. The van der Waals surface area contributed by atoms with Crippen LogP contribution in [0.3, 0.4) is 0 Å². The lowest BCUT2D eigenvalue weighted by molar-refractivity contribution is -0.143. The highest BCUT2D eigenvalue weighted by molar-refractivity contribution is 5.78. The molecule has 0 aromatic carbocycles. The number of methoxy groups -OCH3 is 1. The quantitative estimate of drug-likeness (QED) is 0.421. The van der Waals surface area contributed by atoms with Gasteiger partial charge in [0.1, 0.15) is 6.04 Å². The average Bonchev–Trinajstić information content (AvgIpc) is 2.80. The summed E-state index contributed by atoms with van der Waals surface area (Å²) in [6.45, 7) is 6.90. The molecule has 0 radical (unpaired) electrons. The first-order chi connectivity index (χ1) is 8.15. The minimum atomic E-state index is -0.602. The van der Waals surface area contributed by atoms with E-state index in [0.717, 1.165) is 6.04 Å². The number of esters is 1. The van der Waals surface area contributed by atoms with Gasteiger partial charge in [-0.3, -0.25) is 4.79 Å². The van der Waals surface area contributed by atoms with Crippen molar-refractivity contribution >= 4 is 12.4 Å². The van der Waals surface area contributed by atoms with Gasteiger partial charge < -0.3 is 15.4 Å². The van der Waals surface area contributed by atoms with Gasteiger partial charge >= 0.3 is 5.97 Å². The largest absolute Gasteiger partial charge is 0.467 e. The highest BCUT2D eigenvalue weighted by atomic mass is 16.5. The standard InChI is InChI=1S/C7H11NO3.C5H11N/c1-3-4-6(8-5-9)7(10)11-2;1-5-3-2-4-6-5/h3,5-6H,1,4H2,2H3,(H,8,9);5-6H,2-4H2,1H3. The smallest absolute Gasteiger partial charge is 0.328 e. The molecule has 1 rings (SSSR count). The van der Waals surface area contributed by atoms with Crippen LogP contribution in [0.1, 0.15) is 26.2 Å². The van der Waals surface area contributed by atoms with Crippen molar-refractivity contribution in [2.75, 3.05) is 13.7 Å². The molecule has 1 aliphatic rings. The molecule has 98 valence electrons. The van der Waals surface area contributed by atoms with Crippen LogP contribution in [-0.2, 0) is 14.3 Å². The Hall–Kier alpha value is -1.36. The van der Waals surface area contributed by atoms with Crippen molar-refractivity contribution < 1.29 is 14.3 Å². The van der Waals surface area contributed by atoms with Crippen LogP contribution in [0.2, 0.25) is 0 Å². The molecule has 17 heavy (non-hydrogen) atoms. The number of carbonyl (C=O) groups excluding carboxylic acids is 2. The maximum atomic E-state index is 10.8. The molecule has 0 saturated carbocycles. The van der Waals surface area contributed by atoms with E-state index in [-0.39, 0.29) is 0 Å². The SMILES string of the molecule is C=CCC(NC=O)C(=O)OC.CC1CCCN1. The zero-order valence-electron chi connectivity index (χ0n) is 10.6. The number of ether oxygens (including phenoxy) is 1. The van der Waals surface area contributed by atoms with Crippen LogP contribution in [-0.4, -0.2) is 38.1 Å². The van der Waals surface area contributed by atoms with Crippen LogP contribution in [0.15, 0.2) is 12.7 Å². The van der Waals surface area contributed by atoms with Crippen molar-refractivity contribution in [3.05, 3.63) is 12.7 Å². The Morgan fingerprint density at radius 3 is 2.71 bits per heavy atom. The molecule has 5 heteroatoms. The first-order valence-corrected chi connectivity index (χ1v) is 5.77. The summed E-state index contributed by atoms with van der Waals surface area (Å²) in [6, 6.07) is 0.194. The third kappa shape index (κ3) is 7.52. The molecule has 1 aliphatic heterocycles. The van der Waals surface area contributed by atoms with Crippen molar-refractivity contribution in [1.82, 2.24) is 10.6 Å². The lowest BCUT2D eigenvalue weighted by Crippen LogP contribution is -2.36. The number of nitrogens with one attached hydrogen (secondary N) is 2. The third-order valence-electron chi connectivity index (χ3n) is 2.46. The van der Waals surface area contributed by atoms with Crippen LogP contribution in [0.5, 0.6) is 0 Å². The van der Waals surface area contributed by atoms with E-state index in [0.29, 0.717) is 12.8 Å². The van der Waals surface area contributed by atoms with Crippen LogP contribution in [0, 0.1) is 0 Å². The molecule has 5 nitrogen and oxygen atoms in total. The first kappa shape index (κ1) is 15.6. The monoisotopic (exact) mass is 242 g/mol. The molecule has 1 amide bonds. The second-order valence-corrected chi connectivity index (χ2v) is 3.88. The molecule has 0 aromatic heterocycles. The van der Waals surface area contributed by atoms with Crippen molar-refractivity contribution in [3.8, 4) is 0 Å². The maximum absolute atomic E-state index is 10.8. The number of amides is 1. The van der Waals surface area contributed by atoms with Gasteiger partial charge in [0.25, 0.3) is 0 Å². The average molecular weight is 242 g/mol. The van der Waals surface area contributed by atoms with Crippen LogP contribution >= 0.6 is 0 Å². The van der Waals surface area contributed by atoms with Gasteiger partial charge in [-0.25, -0.2) is 4.79 Å². The predicted molar refractivity (Wildman–Crippen MR) is 66.5 cm³/mol. The summed E-state index contributed by atoms with van der Waals surface area (Å²) in [6.07, 6.45) is 5.13. The molecule has 0 spiro atoms. The van der Waals surface area contributed by atoms with E-state index >= 15 is 0 Å². The molecule has 0 aromatic rings. The fourth-order valence-electron chi connectivity index (χ4n) is 1.48. The van der Waals surface area contributed by atoms with Gasteiger partial charge in [0.05, 0.1) is 7.11 Å². The Balaban J connectivity index is 0.000000354. The fourth-order valence-corrected chi connectivity index (χ4v) is 1.48. The topological polar surface area (TPSA) is 67.4 Å². The van der Waals surface area contributed by atoms with Crippen LogP contribution < -0.4 is 10.6 Å². The lowest BCUT2D eigenvalue weighted by Gasteiger charge is -2.09. The van der Waals surface area contributed by atoms with Crippen LogP contribution in [0.4, 0.5) is 0 Å². The molecule has 2 unspecified atom stereocenters. The number of carbonyl (C=O) groups is 2. The zero-order valence-corrected chi connectivity index (χ0v) is 10.6. The Bertz CT molecular complexity index is 228. The van der Waals surface area contributed by atoms with Crippen molar-refractivity contribution in [2.24, 2.45) is 0 Å². The van der Waals surface area contributed by atoms with E-state index in [1.54, 1.807) is 0 Å². The minimum absolute atomic E-state index is 0.380. The Kier molecular flexibility index (Phi) is 9.05. The van der Waals surface area contributed by atoms with Crippen molar-refractivity contribution in [3.63, 3.8) is 0 Å². The molecule has 0 bridgehead atoms. The Morgan fingerprint density at radius 2 is 2.41 bits per heavy atom. The summed E-state index contributed by atoms with van der Waals surface area (Å²) < 4.78 is 4.41. The highest BCUT2D eigenvalue weighted by Gasteiger charge is 2.15. The lowest BCUT2D eigenvalue weighted by atomic mass is 10.2. The van der Waals surface area contributed by atoms with Gasteiger partial charge in [0.15, 0.2) is 0 Å². The molecule has 1 fully saturated rings. The van der Waals surface area contributed by atoms with Gasteiger partial charge in [0.2, 0.25) is 6.41 Å². The molecule has 1 saturated heterocycles. The normalized spacial score (nSPS) is 19.5. The van der Waals surface area contributed by atoms with E-state index in [4.69, 9.17) is 0 Å². The van der Waals surface area contributed by atoms with Crippen LogP contribution in [0.25, 0.3) is 0 Å². The molecular weight excluding hydrogens is 220 g/mol. The second kappa shape index (κ2) is 9.84. The van der Waals surface area contributed by atoms with Gasteiger partial charge in [-0.1, -0.05) is 6.08 Å². The summed E-state index contributed by atoms with van der Waals surface area (Å²) in [4.78, 5) is 20.8. The first-order valence-electron chi connectivity index (χ1n) is 5.77. The molecular formula is C12H22N2O3. The van der Waals surface area contributed by atoms with Crippen molar-refractivity contribution in [1.29, 1.82) is 0 Å². The summed E-state index contributed by atoms with van der Waals surface area (Å²) in [5.41, 5.74) is 0. The maximum Gasteiger partial charge on any atom is 0.328 e. The van der Waals surface area contributed by atoms with E-state index in [1.165, 1.54) is 32.6 Å². The number of hydrogen-bond acceptors (Lipinski definition) is 4. The second-order valence-electron chi connectivity index (χ2n) is 3.88. The molecule has 1 heterocycles. The third-order valence-corrected chi connectivity index (χ3v) is 2.46. The summed E-state index contributed by atoms with van der Waals surface area (Å²) in [5, 5.41) is 5.63. The van der Waals surface area contributed by atoms with Gasteiger partial charge in [-0.2, -0.15) is 0 Å². The number of hydrogen-bond donors (Lipinski definition) is 2. The van der Waals surface area contributed by atoms with E-state index in [1.807, 2.05) is 0 Å². The molecule has 2 N–H and O–H groups in total. The molecule has 0 aliphatic carbocycles. The predicted octanol–water partition coefficient (Wildman–Crippen LogP) is 0.608.